The molecule has 0 saturated carbocycles. The molecule has 0 bridgehead atoms. The molecule has 0 spiro atoms. The van der Waals surface area contributed by atoms with Crippen molar-refractivity contribution in [3.8, 4) is 5.75 Å². The van der Waals surface area contributed by atoms with Crippen LogP contribution in [0.15, 0.2) is 59.9 Å². The van der Waals surface area contributed by atoms with E-state index in [2.05, 4.69) is 31.2 Å². The molecule has 7 nitrogen and oxygen atoms in total. The number of amides is 1. The smallest absolute Gasteiger partial charge is 0.234 e. The molecule has 1 fully saturated rings. The number of thioether (sulfide) groups is 1. The first kappa shape index (κ1) is 22.8. The van der Waals surface area contributed by atoms with E-state index in [1.54, 1.807) is 26.2 Å². The lowest BCUT2D eigenvalue weighted by atomic mass is 10.2. The van der Waals surface area contributed by atoms with E-state index in [4.69, 9.17) is 4.74 Å². The Labute approximate surface area is 197 Å². The summed E-state index contributed by atoms with van der Waals surface area (Å²) in [4.78, 5) is 25.5. The minimum atomic E-state index is -0.439. The molecule has 1 aromatic heterocycles. The van der Waals surface area contributed by atoms with E-state index in [0.717, 1.165) is 49.0 Å². The van der Waals surface area contributed by atoms with Gasteiger partial charge in [-0.1, -0.05) is 23.9 Å². The number of ether oxygens (including phenoxy) is 1. The fraction of sp³-hybridized carbons (Fsp3) is 0.292. The molecular weight excluding hydrogens is 441 g/mol. The highest BCUT2D eigenvalue weighted by Crippen LogP contribution is 2.25. The van der Waals surface area contributed by atoms with Gasteiger partial charge in [-0.25, -0.2) is 14.4 Å². The summed E-state index contributed by atoms with van der Waals surface area (Å²) in [5, 5.41) is 3.31. The number of piperazine rings is 1. The highest BCUT2D eigenvalue weighted by molar-refractivity contribution is 7.99. The van der Waals surface area contributed by atoms with E-state index >= 15 is 0 Å². The normalized spacial score (nSPS) is 13.7. The molecule has 3 aromatic rings. The monoisotopic (exact) mass is 467 g/mol. The van der Waals surface area contributed by atoms with Crippen LogP contribution in [0.25, 0.3) is 0 Å². The number of nitrogens with zero attached hydrogens (tertiary/aromatic N) is 4. The fourth-order valence-electron chi connectivity index (χ4n) is 3.63. The maximum atomic E-state index is 13.9. The molecule has 1 aliphatic heterocycles. The van der Waals surface area contributed by atoms with Gasteiger partial charge in [-0.2, -0.15) is 0 Å². The number of methoxy groups -OCH3 is 1. The molecule has 1 amide bonds. The summed E-state index contributed by atoms with van der Waals surface area (Å²) in [5.41, 5.74) is 2.13. The van der Waals surface area contributed by atoms with Gasteiger partial charge >= 0.3 is 0 Å². The van der Waals surface area contributed by atoms with Crippen LogP contribution < -0.4 is 19.9 Å². The van der Waals surface area contributed by atoms with Crippen molar-refractivity contribution in [3.05, 3.63) is 66.2 Å². The molecule has 2 aromatic carbocycles. The van der Waals surface area contributed by atoms with Crippen molar-refractivity contribution in [3.63, 3.8) is 0 Å². The second-order valence-electron chi connectivity index (χ2n) is 7.71. The van der Waals surface area contributed by atoms with E-state index in [-0.39, 0.29) is 17.3 Å². The summed E-state index contributed by atoms with van der Waals surface area (Å²) in [6.07, 6.45) is 1.52. The Morgan fingerprint density at radius 2 is 1.88 bits per heavy atom. The Kier molecular flexibility index (Phi) is 7.29. The maximum Gasteiger partial charge on any atom is 0.234 e. The van der Waals surface area contributed by atoms with Crippen molar-refractivity contribution < 1.29 is 13.9 Å². The lowest BCUT2D eigenvalue weighted by Crippen LogP contribution is -2.46. The number of nitrogens with one attached hydrogen (secondary N) is 1. The Morgan fingerprint density at radius 3 is 2.64 bits per heavy atom. The zero-order valence-corrected chi connectivity index (χ0v) is 19.4. The largest absolute Gasteiger partial charge is 0.497 e. The Hall–Kier alpha value is -3.33. The minimum Gasteiger partial charge on any atom is -0.497 e. The first-order valence-electron chi connectivity index (χ1n) is 10.7. The van der Waals surface area contributed by atoms with Crippen molar-refractivity contribution in [1.82, 2.24) is 9.97 Å². The molecule has 1 saturated heterocycles. The van der Waals surface area contributed by atoms with Gasteiger partial charge in [0, 0.05) is 44.0 Å². The van der Waals surface area contributed by atoms with Crippen LogP contribution in [0.4, 0.5) is 21.6 Å². The number of aryl methyl sites for hydroxylation is 1. The average Bonchev–Trinajstić information content (AvgIpc) is 2.85. The van der Waals surface area contributed by atoms with E-state index in [0.29, 0.717) is 5.03 Å². The molecule has 33 heavy (non-hydrogen) atoms. The molecule has 2 heterocycles. The van der Waals surface area contributed by atoms with Crippen LogP contribution in [0.1, 0.15) is 5.56 Å². The van der Waals surface area contributed by atoms with Crippen LogP contribution in [0, 0.1) is 12.7 Å². The highest BCUT2D eigenvalue weighted by atomic mass is 32.2. The van der Waals surface area contributed by atoms with Crippen LogP contribution in [-0.2, 0) is 4.79 Å². The first-order chi connectivity index (χ1) is 16.0. The number of rotatable bonds is 7. The number of carbonyl (C=O) groups is 1. The molecule has 172 valence electrons. The fourth-order valence-corrected chi connectivity index (χ4v) is 4.29. The summed E-state index contributed by atoms with van der Waals surface area (Å²) in [6.45, 7) is 5.18. The molecule has 4 rings (SSSR count). The number of hydrogen-bond acceptors (Lipinski definition) is 7. The van der Waals surface area contributed by atoms with Crippen molar-refractivity contribution in [2.24, 2.45) is 0 Å². The van der Waals surface area contributed by atoms with Gasteiger partial charge in [0.25, 0.3) is 0 Å². The Bertz CT molecular complexity index is 1120. The second-order valence-corrected chi connectivity index (χ2v) is 8.71. The van der Waals surface area contributed by atoms with Crippen LogP contribution in [0.5, 0.6) is 5.75 Å². The van der Waals surface area contributed by atoms with E-state index < -0.39 is 5.82 Å². The molecule has 0 unspecified atom stereocenters. The van der Waals surface area contributed by atoms with Crippen molar-refractivity contribution >= 4 is 34.9 Å². The van der Waals surface area contributed by atoms with Gasteiger partial charge in [0.1, 0.15) is 28.7 Å². The Morgan fingerprint density at radius 1 is 1.09 bits per heavy atom. The number of anilines is 3. The van der Waals surface area contributed by atoms with Crippen molar-refractivity contribution in [1.29, 1.82) is 0 Å². The van der Waals surface area contributed by atoms with Gasteiger partial charge in [-0.05, 0) is 36.8 Å². The molecular formula is C24H26FN5O2S. The number of benzene rings is 2. The molecule has 1 N–H and O–H groups in total. The van der Waals surface area contributed by atoms with Crippen molar-refractivity contribution in [2.75, 3.05) is 54.2 Å². The van der Waals surface area contributed by atoms with E-state index in [9.17, 15) is 9.18 Å². The third kappa shape index (κ3) is 5.92. The van der Waals surface area contributed by atoms with Crippen LogP contribution in [-0.4, -0.2) is 54.9 Å². The zero-order valence-electron chi connectivity index (χ0n) is 18.6. The van der Waals surface area contributed by atoms with Crippen LogP contribution in [0.2, 0.25) is 0 Å². The predicted octanol–water partition coefficient (Wildman–Crippen LogP) is 3.99. The SMILES string of the molecule is COc1cccc(N2CCN(c3cc(SCC(=O)Nc4ccc(C)cc4F)ncn3)CC2)c1. The molecule has 1 aliphatic rings. The maximum absolute atomic E-state index is 13.9. The van der Waals surface area contributed by atoms with Gasteiger partial charge in [0.05, 0.1) is 18.6 Å². The summed E-state index contributed by atoms with van der Waals surface area (Å²) >= 11 is 1.30. The minimum absolute atomic E-state index is 0.132. The predicted molar refractivity (Wildman–Crippen MR) is 130 cm³/mol. The topological polar surface area (TPSA) is 70.6 Å². The zero-order chi connectivity index (χ0) is 23.2. The molecule has 0 atom stereocenters. The van der Waals surface area contributed by atoms with Gasteiger partial charge in [0.2, 0.25) is 5.91 Å². The van der Waals surface area contributed by atoms with Crippen LogP contribution in [0.3, 0.4) is 0 Å². The third-order valence-electron chi connectivity index (χ3n) is 5.40. The van der Waals surface area contributed by atoms with Gasteiger partial charge in [0.15, 0.2) is 0 Å². The number of carbonyl (C=O) groups excluding carboxylic acids is 1. The number of halogens is 1. The van der Waals surface area contributed by atoms with Crippen molar-refractivity contribution in [2.45, 2.75) is 11.9 Å². The Balaban J connectivity index is 1.31. The molecule has 0 aliphatic carbocycles. The summed E-state index contributed by atoms with van der Waals surface area (Å²) < 4.78 is 19.3. The van der Waals surface area contributed by atoms with E-state index in [1.165, 1.54) is 24.2 Å². The number of hydrogen-bond donors (Lipinski definition) is 1. The lowest BCUT2D eigenvalue weighted by molar-refractivity contribution is -0.113. The summed E-state index contributed by atoms with van der Waals surface area (Å²) in [5.74, 6) is 1.10. The second kappa shape index (κ2) is 10.5. The van der Waals surface area contributed by atoms with Crippen LogP contribution >= 0.6 is 11.8 Å². The van der Waals surface area contributed by atoms with E-state index in [1.807, 2.05) is 24.3 Å². The number of aromatic nitrogens is 2. The van der Waals surface area contributed by atoms with Gasteiger partial charge in [-0.3, -0.25) is 4.79 Å². The third-order valence-corrected chi connectivity index (χ3v) is 6.33. The quantitative estimate of drug-likeness (QED) is 0.416. The molecule has 9 heteroatoms. The molecule has 0 radical (unpaired) electrons. The van der Waals surface area contributed by atoms with Gasteiger partial charge < -0.3 is 19.9 Å². The van der Waals surface area contributed by atoms with Gasteiger partial charge in [-0.15, -0.1) is 0 Å². The lowest BCUT2D eigenvalue weighted by Gasteiger charge is -2.36. The summed E-state index contributed by atoms with van der Waals surface area (Å²) in [7, 11) is 1.67. The standard InChI is InChI=1S/C24H26FN5O2S/c1-17-6-7-21(20(25)12-17)28-23(31)15-33-24-14-22(26-16-27-24)30-10-8-29(9-11-30)18-4-3-5-19(13-18)32-2/h3-7,12-14,16H,8-11,15H2,1-2H3,(H,28,31). The summed E-state index contributed by atoms with van der Waals surface area (Å²) in [6, 6.07) is 14.7. The highest BCUT2D eigenvalue weighted by Gasteiger charge is 2.19. The first-order valence-corrected chi connectivity index (χ1v) is 11.6. The average molecular weight is 468 g/mol.